The minimum Gasteiger partial charge on any atom is -0.325 e. The standard InChI is InChI=1S/C15H14BrClN2O/c16-12-2-1-3-14(8-12)19-15(20)10-18-9-11-4-6-13(17)7-5-11/h1-8,18H,9-10H2,(H,19,20). The Balaban J connectivity index is 1.76. The topological polar surface area (TPSA) is 41.1 Å². The van der Waals surface area contributed by atoms with Gasteiger partial charge in [-0.2, -0.15) is 0 Å². The van der Waals surface area contributed by atoms with E-state index in [0.717, 1.165) is 15.7 Å². The summed E-state index contributed by atoms with van der Waals surface area (Å²) in [5.74, 6) is -0.0722. The number of amides is 1. The number of anilines is 1. The minimum atomic E-state index is -0.0722. The third-order valence-electron chi connectivity index (χ3n) is 2.64. The molecule has 0 aromatic heterocycles. The van der Waals surface area contributed by atoms with Crippen LogP contribution in [0.3, 0.4) is 0 Å². The molecule has 0 aliphatic carbocycles. The zero-order chi connectivity index (χ0) is 14.4. The van der Waals surface area contributed by atoms with E-state index in [0.29, 0.717) is 11.6 Å². The van der Waals surface area contributed by atoms with Crippen LogP contribution in [0, 0.1) is 0 Å². The molecule has 0 fully saturated rings. The highest BCUT2D eigenvalue weighted by molar-refractivity contribution is 9.10. The second kappa shape index (κ2) is 7.43. The van der Waals surface area contributed by atoms with E-state index in [9.17, 15) is 4.79 Å². The second-order valence-electron chi connectivity index (χ2n) is 4.29. The van der Waals surface area contributed by atoms with E-state index in [1.54, 1.807) is 0 Å². The monoisotopic (exact) mass is 352 g/mol. The van der Waals surface area contributed by atoms with Crippen molar-refractivity contribution in [2.45, 2.75) is 6.54 Å². The van der Waals surface area contributed by atoms with Crippen LogP contribution in [0.15, 0.2) is 53.0 Å². The molecule has 0 unspecified atom stereocenters. The van der Waals surface area contributed by atoms with Crippen LogP contribution in [0.1, 0.15) is 5.56 Å². The summed E-state index contributed by atoms with van der Waals surface area (Å²) in [6.45, 7) is 0.887. The summed E-state index contributed by atoms with van der Waals surface area (Å²) in [4.78, 5) is 11.8. The summed E-state index contributed by atoms with van der Waals surface area (Å²) < 4.78 is 0.935. The molecule has 3 nitrogen and oxygen atoms in total. The molecule has 0 aliphatic heterocycles. The molecule has 0 bridgehead atoms. The van der Waals surface area contributed by atoms with Gasteiger partial charge in [-0.05, 0) is 35.9 Å². The molecule has 1 amide bonds. The van der Waals surface area contributed by atoms with Gasteiger partial charge in [0.2, 0.25) is 5.91 Å². The number of rotatable bonds is 5. The molecule has 0 atom stereocenters. The Kier molecular flexibility index (Phi) is 5.59. The van der Waals surface area contributed by atoms with Crippen molar-refractivity contribution in [1.29, 1.82) is 0 Å². The number of carbonyl (C=O) groups excluding carboxylic acids is 1. The van der Waals surface area contributed by atoms with Crippen LogP contribution >= 0.6 is 27.5 Å². The predicted molar refractivity (Wildman–Crippen MR) is 85.9 cm³/mol. The first kappa shape index (κ1) is 15.0. The summed E-state index contributed by atoms with van der Waals surface area (Å²) in [6, 6.07) is 15.0. The summed E-state index contributed by atoms with van der Waals surface area (Å²) in [5.41, 5.74) is 1.86. The quantitative estimate of drug-likeness (QED) is 0.857. The molecular weight excluding hydrogens is 340 g/mol. The third-order valence-corrected chi connectivity index (χ3v) is 3.38. The highest BCUT2D eigenvalue weighted by atomic mass is 79.9. The average molecular weight is 354 g/mol. The Morgan fingerprint density at radius 1 is 1.15 bits per heavy atom. The van der Waals surface area contributed by atoms with Gasteiger partial charge in [0.1, 0.15) is 0 Å². The maximum atomic E-state index is 11.8. The van der Waals surface area contributed by atoms with Crippen molar-refractivity contribution in [1.82, 2.24) is 5.32 Å². The highest BCUT2D eigenvalue weighted by Gasteiger charge is 2.02. The van der Waals surface area contributed by atoms with E-state index in [-0.39, 0.29) is 12.5 Å². The number of benzene rings is 2. The van der Waals surface area contributed by atoms with Crippen LogP contribution in [-0.2, 0) is 11.3 Å². The van der Waals surface area contributed by atoms with Crippen LogP contribution in [0.25, 0.3) is 0 Å². The van der Waals surface area contributed by atoms with Gasteiger partial charge in [-0.15, -0.1) is 0 Å². The molecule has 0 heterocycles. The lowest BCUT2D eigenvalue weighted by Gasteiger charge is -2.07. The molecule has 2 aromatic carbocycles. The molecule has 104 valence electrons. The number of hydrogen-bond acceptors (Lipinski definition) is 2. The van der Waals surface area contributed by atoms with Crippen LogP contribution in [-0.4, -0.2) is 12.5 Å². The Morgan fingerprint density at radius 3 is 2.60 bits per heavy atom. The first-order chi connectivity index (χ1) is 9.63. The van der Waals surface area contributed by atoms with Gasteiger partial charge in [-0.3, -0.25) is 4.79 Å². The summed E-state index contributed by atoms with van der Waals surface area (Å²) in [5, 5.41) is 6.62. The summed E-state index contributed by atoms with van der Waals surface area (Å²) in [6.07, 6.45) is 0. The lowest BCUT2D eigenvalue weighted by molar-refractivity contribution is -0.115. The van der Waals surface area contributed by atoms with Gasteiger partial charge < -0.3 is 10.6 Å². The number of halogens is 2. The first-order valence-electron chi connectivity index (χ1n) is 6.14. The molecule has 0 aliphatic rings. The van der Waals surface area contributed by atoms with Crippen LogP contribution in [0.5, 0.6) is 0 Å². The third kappa shape index (κ3) is 4.96. The van der Waals surface area contributed by atoms with Crippen molar-refractivity contribution in [3.05, 3.63) is 63.6 Å². The van der Waals surface area contributed by atoms with E-state index >= 15 is 0 Å². The smallest absolute Gasteiger partial charge is 0.238 e. The normalized spacial score (nSPS) is 10.3. The van der Waals surface area contributed by atoms with Gasteiger partial charge >= 0.3 is 0 Å². The van der Waals surface area contributed by atoms with Gasteiger partial charge in [0.05, 0.1) is 6.54 Å². The SMILES string of the molecule is O=C(CNCc1ccc(Cl)cc1)Nc1cccc(Br)c1. The fourth-order valence-corrected chi connectivity index (χ4v) is 2.22. The molecule has 0 spiro atoms. The molecular formula is C15H14BrClN2O. The van der Waals surface area contributed by atoms with Crippen molar-refractivity contribution in [3.8, 4) is 0 Å². The highest BCUT2D eigenvalue weighted by Crippen LogP contribution is 2.15. The molecule has 2 aromatic rings. The maximum absolute atomic E-state index is 11.8. The van der Waals surface area contributed by atoms with Crippen LogP contribution in [0.2, 0.25) is 5.02 Å². The number of nitrogens with one attached hydrogen (secondary N) is 2. The first-order valence-corrected chi connectivity index (χ1v) is 7.31. The molecule has 0 saturated heterocycles. The van der Waals surface area contributed by atoms with Crippen molar-refractivity contribution < 1.29 is 4.79 Å². The fraction of sp³-hybridized carbons (Fsp3) is 0.133. The van der Waals surface area contributed by atoms with Crippen LogP contribution in [0.4, 0.5) is 5.69 Å². The number of hydrogen-bond donors (Lipinski definition) is 2. The second-order valence-corrected chi connectivity index (χ2v) is 5.64. The Hall–Kier alpha value is -1.36. The molecule has 2 N–H and O–H groups in total. The Labute approximate surface area is 131 Å². The zero-order valence-corrected chi connectivity index (χ0v) is 13.0. The predicted octanol–water partition coefficient (Wildman–Crippen LogP) is 3.83. The Bertz CT molecular complexity index is 587. The molecule has 2 rings (SSSR count). The van der Waals surface area contributed by atoms with Gasteiger partial charge in [-0.1, -0.05) is 45.7 Å². The Morgan fingerprint density at radius 2 is 1.90 bits per heavy atom. The molecule has 0 saturated carbocycles. The fourth-order valence-electron chi connectivity index (χ4n) is 1.69. The van der Waals surface area contributed by atoms with E-state index in [1.807, 2.05) is 48.5 Å². The average Bonchev–Trinajstić information content (AvgIpc) is 2.41. The summed E-state index contributed by atoms with van der Waals surface area (Å²) in [7, 11) is 0. The van der Waals surface area contributed by atoms with E-state index in [4.69, 9.17) is 11.6 Å². The van der Waals surface area contributed by atoms with Crippen LogP contribution < -0.4 is 10.6 Å². The molecule has 5 heteroatoms. The lowest BCUT2D eigenvalue weighted by Crippen LogP contribution is -2.27. The van der Waals surface area contributed by atoms with E-state index in [2.05, 4.69) is 26.6 Å². The van der Waals surface area contributed by atoms with Crippen molar-refractivity contribution >= 4 is 39.1 Å². The zero-order valence-electron chi connectivity index (χ0n) is 10.7. The van der Waals surface area contributed by atoms with E-state index < -0.39 is 0 Å². The van der Waals surface area contributed by atoms with Gasteiger partial charge in [0.15, 0.2) is 0 Å². The summed E-state index contributed by atoms with van der Waals surface area (Å²) >= 11 is 9.17. The maximum Gasteiger partial charge on any atom is 0.238 e. The van der Waals surface area contributed by atoms with Crippen molar-refractivity contribution in [2.24, 2.45) is 0 Å². The molecule has 0 radical (unpaired) electrons. The lowest BCUT2D eigenvalue weighted by atomic mass is 10.2. The van der Waals surface area contributed by atoms with Gasteiger partial charge in [0, 0.05) is 21.7 Å². The molecule has 20 heavy (non-hydrogen) atoms. The van der Waals surface area contributed by atoms with Gasteiger partial charge in [-0.25, -0.2) is 0 Å². The minimum absolute atomic E-state index is 0.0722. The number of carbonyl (C=O) groups is 1. The van der Waals surface area contributed by atoms with Gasteiger partial charge in [0.25, 0.3) is 0 Å². The largest absolute Gasteiger partial charge is 0.325 e. The van der Waals surface area contributed by atoms with Crippen molar-refractivity contribution in [2.75, 3.05) is 11.9 Å². The van der Waals surface area contributed by atoms with E-state index in [1.165, 1.54) is 0 Å². The van der Waals surface area contributed by atoms with Crippen molar-refractivity contribution in [3.63, 3.8) is 0 Å².